The summed E-state index contributed by atoms with van der Waals surface area (Å²) in [5.41, 5.74) is 18.0. The third-order valence-corrected chi connectivity index (χ3v) is 11.3. The molecule has 0 saturated heterocycles. The molecule has 9 aromatic carbocycles. The lowest BCUT2D eigenvalue weighted by molar-refractivity contribution is 0.620. The molecular formula is C55H36N2O. The maximum atomic E-state index is 6.03. The molecule has 11 rings (SSSR count). The van der Waals surface area contributed by atoms with Gasteiger partial charge in [-0.05, 0) is 128 Å². The van der Waals surface area contributed by atoms with Crippen molar-refractivity contribution in [1.29, 1.82) is 0 Å². The van der Waals surface area contributed by atoms with Crippen molar-refractivity contribution in [3.8, 4) is 72.8 Å². The minimum absolute atomic E-state index is 0.633. The zero-order valence-electron chi connectivity index (χ0n) is 31.6. The highest BCUT2D eigenvalue weighted by molar-refractivity contribution is 6.11. The summed E-state index contributed by atoms with van der Waals surface area (Å²) < 4.78 is 8.43. The molecule has 0 amide bonds. The van der Waals surface area contributed by atoms with E-state index >= 15 is 0 Å². The molecule has 2 aromatic heterocycles. The smallest absolute Gasteiger partial charge is 0.227 e. The standard InChI is InChI=1S/C55H36N2O/c1-3-11-37(12-4-1)42-15-9-17-44(33-42)46-27-31-52-49(35-46)50-36-47(45-18-10-16-43(34-45)38-13-5-2-6-14-38)28-32-53(50)57(52)48-29-25-40(26-30-48)39-21-23-41(24-22-39)55-56-51-19-7-8-20-54(51)58-55/h1-36H. The largest absolute Gasteiger partial charge is 0.436 e. The molecule has 58 heavy (non-hydrogen) atoms. The van der Waals surface area contributed by atoms with Gasteiger partial charge in [-0.2, -0.15) is 0 Å². The number of fused-ring (bicyclic) bond motifs is 4. The third kappa shape index (κ3) is 6.07. The molecule has 0 bridgehead atoms. The lowest BCUT2D eigenvalue weighted by Crippen LogP contribution is -1.94. The number of rotatable bonds is 7. The minimum Gasteiger partial charge on any atom is -0.436 e. The monoisotopic (exact) mass is 740 g/mol. The van der Waals surface area contributed by atoms with Crippen LogP contribution in [-0.2, 0) is 0 Å². The Balaban J connectivity index is 1.00. The van der Waals surface area contributed by atoms with Crippen LogP contribution in [0.5, 0.6) is 0 Å². The van der Waals surface area contributed by atoms with Gasteiger partial charge in [-0.25, -0.2) is 4.98 Å². The first-order chi connectivity index (χ1) is 28.7. The second-order valence-corrected chi connectivity index (χ2v) is 14.8. The van der Waals surface area contributed by atoms with Crippen LogP contribution < -0.4 is 0 Å². The summed E-state index contributed by atoms with van der Waals surface area (Å²) >= 11 is 0. The number of oxazole rings is 1. The quantitative estimate of drug-likeness (QED) is 0.163. The molecule has 3 nitrogen and oxygen atoms in total. The summed E-state index contributed by atoms with van der Waals surface area (Å²) in [6, 6.07) is 78.0. The van der Waals surface area contributed by atoms with Crippen molar-refractivity contribution in [3.05, 3.63) is 218 Å². The van der Waals surface area contributed by atoms with Gasteiger partial charge in [-0.1, -0.05) is 146 Å². The van der Waals surface area contributed by atoms with E-state index in [0.29, 0.717) is 5.89 Å². The van der Waals surface area contributed by atoms with Gasteiger partial charge in [0.2, 0.25) is 5.89 Å². The van der Waals surface area contributed by atoms with Gasteiger partial charge in [0.1, 0.15) is 5.52 Å². The Labute approximate surface area is 336 Å². The highest BCUT2D eigenvalue weighted by Gasteiger charge is 2.16. The Morgan fingerprint density at radius 1 is 0.310 bits per heavy atom. The molecule has 2 heterocycles. The molecule has 0 atom stereocenters. The van der Waals surface area contributed by atoms with Crippen molar-refractivity contribution in [3.63, 3.8) is 0 Å². The summed E-state index contributed by atoms with van der Waals surface area (Å²) in [4.78, 5) is 4.68. The van der Waals surface area contributed by atoms with Crippen LogP contribution in [0.1, 0.15) is 0 Å². The van der Waals surface area contributed by atoms with Gasteiger partial charge in [-0.15, -0.1) is 0 Å². The first-order valence-corrected chi connectivity index (χ1v) is 19.7. The van der Waals surface area contributed by atoms with Gasteiger partial charge >= 0.3 is 0 Å². The zero-order chi connectivity index (χ0) is 38.4. The van der Waals surface area contributed by atoms with Crippen LogP contribution in [0.15, 0.2) is 223 Å². The molecular weight excluding hydrogens is 705 g/mol. The van der Waals surface area contributed by atoms with Crippen molar-refractivity contribution < 1.29 is 4.42 Å². The molecule has 3 heteroatoms. The fourth-order valence-corrected chi connectivity index (χ4v) is 8.28. The predicted octanol–water partition coefficient (Wildman–Crippen LogP) is 14.9. The lowest BCUT2D eigenvalue weighted by Gasteiger charge is -2.11. The fraction of sp³-hybridized carbons (Fsp3) is 0. The summed E-state index contributed by atoms with van der Waals surface area (Å²) in [5.74, 6) is 0.633. The number of benzene rings is 9. The Morgan fingerprint density at radius 3 is 1.24 bits per heavy atom. The molecule has 11 aromatic rings. The molecule has 0 N–H and O–H groups in total. The number of hydrogen-bond donors (Lipinski definition) is 0. The van der Waals surface area contributed by atoms with E-state index in [9.17, 15) is 0 Å². The zero-order valence-corrected chi connectivity index (χ0v) is 31.6. The van der Waals surface area contributed by atoms with E-state index in [4.69, 9.17) is 4.42 Å². The average molecular weight is 741 g/mol. The van der Waals surface area contributed by atoms with Crippen LogP contribution in [0.3, 0.4) is 0 Å². The molecule has 0 aliphatic heterocycles. The highest BCUT2D eigenvalue weighted by atomic mass is 16.3. The van der Waals surface area contributed by atoms with Crippen LogP contribution in [0.25, 0.3) is 106 Å². The summed E-state index contributed by atoms with van der Waals surface area (Å²) in [6.07, 6.45) is 0. The fourth-order valence-electron chi connectivity index (χ4n) is 8.28. The van der Waals surface area contributed by atoms with Gasteiger partial charge in [0.25, 0.3) is 0 Å². The van der Waals surface area contributed by atoms with Crippen molar-refractivity contribution >= 4 is 32.9 Å². The van der Waals surface area contributed by atoms with E-state index in [1.54, 1.807) is 0 Å². The van der Waals surface area contributed by atoms with E-state index in [-0.39, 0.29) is 0 Å². The van der Waals surface area contributed by atoms with Crippen LogP contribution >= 0.6 is 0 Å². The van der Waals surface area contributed by atoms with Crippen LogP contribution in [0.2, 0.25) is 0 Å². The molecule has 0 fully saturated rings. The molecule has 272 valence electrons. The van der Waals surface area contributed by atoms with Crippen molar-refractivity contribution in [2.24, 2.45) is 0 Å². The number of hydrogen-bond acceptors (Lipinski definition) is 2. The van der Waals surface area contributed by atoms with Crippen LogP contribution in [-0.4, -0.2) is 9.55 Å². The number of nitrogens with zero attached hydrogens (tertiary/aromatic N) is 2. The van der Waals surface area contributed by atoms with Crippen molar-refractivity contribution in [1.82, 2.24) is 9.55 Å². The van der Waals surface area contributed by atoms with Gasteiger partial charge < -0.3 is 8.98 Å². The minimum atomic E-state index is 0.633. The van der Waals surface area contributed by atoms with Gasteiger partial charge in [0, 0.05) is 22.0 Å². The first kappa shape index (κ1) is 33.6. The molecule has 0 aliphatic carbocycles. The lowest BCUT2D eigenvalue weighted by atomic mass is 9.96. The van der Waals surface area contributed by atoms with Gasteiger partial charge in [0.15, 0.2) is 5.58 Å². The van der Waals surface area contributed by atoms with E-state index in [2.05, 4.69) is 204 Å². The Morgan fingerprint density at radius 2 is 0.707 bits per heavy atom. The highest BCUT2D eigenvalue weighted by Crippen LogP contribution is 2.39. The molecule has 0 saturated carbocycles. The Kier molecular flexibility index (Phi) is 8.15. The second-order valence-electron chi connectivity index (χ2n) is 14.8. The number of aromatic nitrogens is 2. The molecule has 0 unspecified atom stereocenters. The Bertz CT molecular complexity index is 3070. The molecule has 0 aliphatic rings. The maximum absolute atomic E-state index is 6.03. The van der Waals surface area contributed by atoms with E-state index in [0.717, 1.165) is 33.5 Å². The van der Waals surface area contributed by atoms with Crippen LogP contribution in [0, 0.1) is 0 Å². The number of para-hydroxylation sites is 2. The maximum Gasteiger partial charge on any atom is 0.227 e. The summed E-state index contributed by atoms with van der Waals surface area (Å²) in [6.45, 7) is 0. The van der Waals surface area contributed by atoms with Gasteiger partial charge in [0.05, 0.1) is 11.0 Å². The first-order valence-electron chi connectivity index (χ1n) is 19.7. The average Bonchev–Trinajstić information content (AvgIpc) is 3.89. The summed E-state index contributed by atoms with van der Waals surface area (Å²) in [5, 5.41) is 2.44. The van der Waals surface area contributed by atoms with Crippen LogP contribution in [0.4, 0.5) is 0 Å². The van der Waals surface area contributed by atoms with Crippen molar-refractivity contribution in [2.45, 2.75) is 0 Å². The van der Waals surface area contributed by atoms with E-state index in [1.165, 1.54) is 66.3 Å². The third-order valence-electron chi connectivity index (χ3n) is 11.3. The Hall–Kier alpha value is -7.75. The van der Waals surface area contributed by atoms with Gasteiger partial charge in [-0.3, -0.25) is 0 Å². The van der Waals surface area contributed by atoms with Crippen molar-refractivity contribution in [2.75, 3.05) is 0 Å². The van der Waals surface area contributed by atoms with E-state index in [1.807, 2.05) is 24.3 Å². The molecule has 0 spiro atoms. The topological polar surface area (TPSA) is 31.0 Å². The second kappa shape index (κ2) is 14.1. The molecule has 0 radical (unpaired) electrons. The summed E-state index contributed by atoms with van der Waals surface area (Å²) in [7, 11) is 0. The SMILES string of the molecule is c1ccc(-c2cccc(-c3ccc4c(c3)c3cc(-c5cccc(-c6ccccc6)c5)ccc3n4-c3ccc(-c4ccc(-c5nc6ccccc6o5)cc4)cc3)c2)cc1. The normalized spacial score (nSPS) is 11.4. The van der Waals surface area contributed by atoms with E-state index < -0.39 is 0 Å². The predicted molar refractivity (Wildman–Crippen MR) is 241 cm³/mol.